The number of hydrogen-bond donors (Lipinski definition) is 0. The van der Waals surface area contributed by atoms with Gasteiger partial charge in [0.25, 0.3) is 0 Å². The first-order chi connectivity index (χ1) is 11.3. The number of carbonyl (C=O) groups excluding carboxylic acids is 1. The molecule has 2 heteroatoms. The Hall–Kier alpha value is -2.09. The predicted octanol–water partition coefficient (Wildman–Crippen LogP) is 5.33. The van der Waals surface area contributed by atoms with E-state index in [0.29, 0.717) is 12.3 Å². The van der Waals surface area contributed by atoms with Crippen LogP contribution in [0.4, 0.5) is 0 Å². The van der Waals surface area contributed by atoms with Crippen LogP contribution < -0.4 is 0 Å². The summed E-state index contributed by atoms with van der Waals surface area (Å²) in [6, 6.07) is 19.1. The van der Waals surface area contributed by atoms with Crippen molar-refractivity contribution in [1.82, 2.24) is 0 Å². The van der Waals surface area contributed by atoms with Gasteiger partial charge in [-0.05, 0) is 42.4 Å². The molecule has 3 rings (SSSR count). The monoisotopic (exact) mass is 308 g/mol. The van der Waals surface area contributed by atoms with E-state index in [4.69, 9.17) is 4.74 Å². The molecule has 0 bridgehead atoms. The quantitative estimate of drug-likeness (QED) is 0.698. The zero-order chi connectivity index (χ0) is 16.1. The molecule has 2 aromatic carbocycles. The Bertz CT molecular complexity index is 631. The summed E-state index contributed by atoms with van der Waals surface area (Å²) in [4.78, 5) is 11.8. The third-order valence-electron chi connectivity index (χ3n) is 4.64. The molecule has 0 heterocycles. The third kappa shape index (κ3) is 3.82. The molecule has 0 aromatic heterocycles. The molecule has 120 valence electrons. The summed E-state index contributed by atoms with van der Waals surface area (Å²) in [5.41, 5.74) is 3.75. The van der Waals surface area contributed by atoms with E-state index in [0.717, 1.165) is 25.7 Å². The highest BCUT2D eigenvalue weighted by Crippen LogP contribution is 2.37. The molecule has 2 nitrogen and oxygen atoms in total. The Kier molecular flexibility index (Phi) is 5.12. The Balaban J connectivity index is 1.72. The van der Waals surface area contributed by atoms with Crippen molar-refractivity contribution in [3.05, 3.63) is 60.2 Å². The fourth-order valence-corrected chi connectivity index (χ4v) is 3.43. The minimum absolute atomic E-state index is 0.0506. The molecule has 0 spiro atoms. The van der Waals surface area contributed by atoms with E-state index in [2.05, 4.69) is 48.5 Å². The molecule has 0 N–H and O–H groups in total. The van der Waals surface area contributed by atoms with Crippen molar-refractivity contribution < 1.29 is 9.53 Å². The molecule has 0 aliphatic heterocycles. The van der Waals surface area contributed by atoms with Gasteiger partial charge in [-0.3, -0.25) is 4.79 Å². The lowest BCUT2D eigenvalue weighted by Crippen LogP contribution is -2.20. The summed E-state index contributed by atoms with van der Waals surface area (Å²) in [5, 5.41) is 0. The lowest BCUT2D eigenvalue weighted by molar-refractivity contribution is -0.149. The van der Waals surface area contributed by atoms with Crippen LogP contribution in [0.25, 0.3) is 11.1 Å². The lowest BCUT2D eigenvalue weighted by atomic mass is 9.93. The second kappa shape index (κ2) is 7.45. The molecule has 23 heavy (non-hydrogen) atoms. The Morgan fingerprint density at radius 3 is 2.39 bits per heavy atom. The van der Waals surface area contributed by atoms with E-state index in [1.807, 2.05) is 13.0 Å². The molecular formula is C21H24O2. The molecule has 2 unspecified atom stereocenters. The largest absolute Gasteiger partial charge is 0.462 e. The predicted molar refractivity (Wildman–Crippen MR) is 93.3 cm³/mol. The van der Waals surface area contributed by atoms with E-state index in [1.54, 1.807) is 0 Å². The van der Waals surface area contributed by atoms with Crippen LogP contribution in [0, 0.1) is 0 Å². The third-order valence-corrected chi connectivity index (χ3v) is 4.64. The fourth-order valence-electron chi connectivity index (χ4n) is 3.43. The SMILES string of the molecule is CCCC(=O)OC1CCCC1c1ccc(-c2ccccc2)cc1. The smallest absolute Gasteiger partial charge is 0.306 e. The molecule has 2 atom stereocenters. The topological polar surface area (TPSA) is 26.3 Å². The standard InChI is InChI=1S/C21H24O2/c1-2-7-21(22)23-20-11-6-10-19(20)18-14-12-17(13-15-18)16-8-4-3-5-9-16/h3-5,8-9,12-15,19-20H,2,6-7,10-11H2,1H3. The van der Waals surface area contributed by atoms with Gasteiger partial charge in [0.1, 0.15) is 6.10 Å². The van der Waals surface area contributed by atoms with Gasteiger partial charge in [0.2, 0.25) is 0 Å². The highest BCUT2D eigenvalue weighted by molar-refractivity contribution is 5.69. The minimum Gasteiger partial charge on any atom is -0.462 e. The van der Waals surface area contributed by atoms with Crippen LogP contribution in [0.15, 0.2) is 54.6 Å². The second-order valence-corrected chi connectivity index (χ2v) is 6.30. The van der Waals surface area contributed by atoms with Gasteiger partial charge in [-0.2, -0.15) is 0 Å². The first-order valence-electron chi connectivity index (χ1n) is 8.63. The van der Waals surface area contributed by atoms with Crippen LogP contribution >= 0.6 is 0 Å². The first-order valence-corrected chi connectivity index (χ1v) is 8.63. The molecule has 1 aliphatic rings. The van der Waals surface area contributed by atoms with Gasteiger partial charge in [0.05, 0.1) is 0 Å². The number of benzene rings is 2. The maximum atomic E-state index is 11.8. The highest BCUT2D eigenvalue weighted by atomic mass is 16.5. The Morgan fingerprint density at radius 2 is 1.70 bits per heavy atom. The molecule has 0 amide bonds. The molecule has 0 saturated heterocycles. The average Bonchev–Trinajstić information content (AvgIpc) is 3.04. The number of ether oxygens (including phenoxy) is 1. The molecule has 0 radical (unpaired) electrons. The summed E-state index contributed by atoms with van der Waals surface area (Å²) in [5.74, 6) is 0.297. The number of esters is 1. The molecule has 1 saturated carbocycles. The molecular weight excluding hydrogens is 284 g/mol. The fraction of sp³-hybridized carbons (Fsp3) is 0.381. The summed E-state index contributed by atoms with van der Waals surface area (Å²) in [6.45, 7) is 2.01. The zero-order valence-electron chi connectivity index (χ0n) is 13.7. The van der Waals surface area contributed by atoms with Crippen molar-refractivity contribution in [1.29, 1.82) is 0 Å². The van der Waals surface area contributed by atoms with Crippen molar-refractivity contribution in [2.24, 2.45) is 0 Å². The van der Waals surface area contributed by atoms with Gasteiger partial charge in [-0.25, -0.2) is 0 Å². The summed E-state index contributed by atoms with van der Waals surface area (Å²) >= 11 is 0. The summed E-state index contributed by atoms with van der Waals surface area (Å²) in [6.07, 6.45) is 4.65. The van der Waals surface area contributed by atoms with Gasteiger partial charge in [-0.1, -0.05) is 61.5 Å². The van der Waals surface area contributed by atoms with E-state index in [9.17, 15) is 4.79 Å². The highest BCUT2D eigenvalue weighted by Gasteiger charge is 2.31. The summed E-state index contributed by atoms with van der Waals surface area (Å²) in [7, 11) is 0. The van der Waals surface area contributed by atoms with Crippen LogP contribution in [0.5, 0.6) is 0 Å². The van der Waals surface area contributed by atoms with Crippen molar-refractivity contribution >= 4 is 5.97 Å². The van der Waals surface area contributed by atoms with Crippen LogP contribution in [-0.4, -0.2) is 12.1 Å². The molecule has 2 aromatic rings. The van der Waals surface area contributed by atoms with Gasteiger partial charge < -0.3 is 4.74 Å². The van der Waals surface area contributed by atoms with Gasteiger partial charge in [0, 0.05) is 12.3 Å². The average molecular weight is 308 g/mol. The van der Waals surface area contributed by atoms with Crippen LogP contribution in [0.1, 0.15) is 50.5 Å². The second-order valence-electron chi connectivity index (χ2n) is 6.30. The van der Waals surface area contributed by atoms with Crippen molar-refractivity contribution in [2.75, 3.05) is 0 Å². The van der Waals surface area contributed by atoms with Gasteiger partial charge in [0.15, 0.2) is 0 Å². The Labute approximate surface area is 138 Å². The van der Waals surface area contributed by atoms with Crippen molar-refractivity contribution in [3.63, 3.8) is 0 Å². The van der Waals surface area contributed by atoms with E-state index in [-0.39, 0.29) is 12.1 Å². The minimum atomic E-state index is -0.0506. The normalized spacial score (nSPS) is 20.4. The number of carbonyl (C=O) groups is 1. The van der Waals surface area contributed by atoms with E-state index >= 15 is 0 Å². The van der Waals surface area contributed by atoms with Crippen molar-refractivity contribution in [3.8, 4) is 11.1 Å². The van der Waals surface area contributed by atoms with Crippen LogP contribution in [0.2, 0.25) is 0 Å². The number of rotatable bonds is 5. The lowest BCUT2D eigenvalue weighted by Gasteiger charge is -2.21. The maximum Gasteiger partial charge on any atom is 0.306 e. The zero-order valence-corrected chi connectivity index (χ0v) is 13.7. The number of hydrogen-bond acceptors (Lipinski definition) is 2. The van der Waals surface area contributed by atoms with E-state index in [1.165, 1.54) is 16.7 Å². The van der Waals surface area contributed by atoms with E-state index < -0.39 is 0 Å². The molecule has 1 aliphatic carbocycles. The van der Waals surface area contributed by atoms with Crippen LogP contribution in [-0.2, 0) is 9.53 Å². The van der Waals surface area contributed by atoms with Gasteiger partial charge >= 0.3 is 5.97 Å². The maximum absolute atomic E-state index is 11.8. The van der Waals surface area contributed by atoms with Crippen molar-refractivity contribution in [2.45, 2.75) is 51.0 Å². The summed E-state index contributed by atoms with van der Waals surface area (Å²) < 4.78 is 5.69. The van der Waals surface area contributed by atoms with Crippen LogP contribution in [0.3, 0.4) is 0 Å². The first kappa shape index (κ1) is 15.8. The van der Waals surface area contributed by atoms with Gasteiger partial charge in [-0.15, -0.1) is 0 Å². The molecule has 1 fully saturated rings. The Morgan fingerprint density at radius 1 is 1.00 bits per heavy atom.